The maximum Gasteiger partial charge on any atom is 0.267 e. The Morgan fingerprint density at radius 1 is 0.605 bits per heavy atom. The van der Waals surface area contributed by atoms with E-state index in [0.717, 1.165) is 38.5 Å². The summed E-state index contributed by atoms with van der Waals surface area (Å²) in [6.07, 6.45) is 38.8. The standard InChI is InChI=1S/C36H67NO5S/c1-3-5-7-9-11-12-13-14-15-16-17-18-19-20-21-22-23-24-26-28-30-32-36(39)37-34(33-43(40,41)42)35(38)31-29-27-25-10-8-6-4-2/h8,10,16-17,29,31,34-35,38H,3-7,9,11-15,18-28,30,32-33H2,1-2H3,(H,37,39)(H,40,41,42)/b10-8+,17-16-,31-29+. The number of amides is 1. The van der Waals surface area contributed by atoms with Gasteiger partial charge in [0.2, 0.25) is 5.91 Å². The number of rotatable bonds is 31. The van der Waals surface area contributed by atoms with Crippen LogP contribution in [0.25, 0.3) is 0 Å². The molecule has 1 amide bonds. The lowest BCUT2D eigenvalue weighted by Crippen LogP contribution is -2.46. The summed E-state index contributed by atoms with van der Waals surface area (Å²) in [6, 6.07) is -1.07. The van der Waals surface area contributed by atoms with Gasteiger partial charge in [-0.3, -0.25) is 9.35 Å². The number of aliphatic hydroxyl groups is 1. The van der Waals surface area contributed by atoms with Crippen LogP contribution in [0.5, 0.6) is 0 Å². The molecule has 0 aliphatic rings. The van der Waals surface area contributed by atoms with Gasteiger partial charge < -0.3 is 10.4 Å². The fourth-order valence-corrected chi connectivity index (χ4v) is 5.85. The molecule has 0 saturated carbocycles. The lowest BCUT2D eigenvalue weighted by atomic mass is 10.0. The molecule has 2 unspecified atom stereocenters. The maximum atomic E-state index is 12.4. The summed E-state index contributed by atoms with van der Waals surface area (Å²) in [5.41, 5.74) is 0. The minimum Gasteiger partial charge on any atom is -0.387 e. The van der Waals surface area contributed by atoms with Crippen molar-refractivity contribution in [1.82, 2.24) is 5.32 Å². The highest BCUT2D eigenvalue weighted by atomic mass is 32.2. The molecule has 0 saturated heterocycles. The highest BCUT2D eigenvalue weighted by Crippen LogP contribution is 2.13. The molecule has 7 heteroatoms. The van der Waals surface area contributed by atoms with Crippen LogP contribution in [0.1, 0.15) is 168 Å². The third kappa shape index (κ3) is 31.8. The Morgan fingerprint density at radius 3 is 1.56 bits per heavy atom. The van der Waals surface area contributed by atoms with E-state index in [-0.39, 0.29) is 12.3 Å². The molecule has 3 N–H and O–H groups in total. The van der Waals surface area contributed by atoms with E-state index in [4.69, 9.17) is 0 Å². The normalized spacial score (nSPS) is 13.9. The van der Waals surface area contributed by atoms with Gasteiger partial charge in [-0.05, 0) is 51.4 Å². The van der Waals surface area contributed by atoms with Crippen LogP contribution in [0.2, 0.25) is 0 Å². The van der Waals surface area contributed by atoms with E-state index in [1.54, 1.807) is 6.08 Å². The van der Waals surface area contributed by atoms with Crippen LogP contribution >= 0.6 is 0 Å². The molecule has 0 aliphatic heterocycles. The van der Waals surface area contributed by atoms with E-state index < -0.39 is 28.0 Å². The Kier molecular flexibility index (Phi) is 29.6. The lowest BCUT2D eigenvalue weighted by Gasteiger charge is -2.21. The van der Waals surface area contributed by atoms with Crippen molar-refractivity contribution in [1.29, 1.82) is 0 Å². The van der Waals surface area contributed by atoms with Crippen molar-refractivity contribution in [3.63, 3.8) is 0 Å². The Bertz CT molecular complexity index is 821. The summed E-state index contributed by atoms with van der Waals surface area (Å²) >= 11 is 0. The predicted molar refractivity (Wildman–Crippen MR) is 184 cm³/mol. The lowest BCUT2D eigenvalue weighted by molar-refractivity contribution is -0.122. The molecular weight excluding hydrogens is 558 g/mol. The van der Waals surface area contributed by atoms with Gasteiger partial charge in [0.25, 0.3) is 10.1 Å². The molecule has 252 valence electrons. The zero-order chi connectivity index (χ0) is 31.9. The van der Waals surface area contributed by atoms with Crippen molar-refractivity contribution in [2.24, 2.45) is 0 Å². The molecule has 6 nitrogen and oxygen atoms in total. The van der Waals surface area contributed by atoms with Gasteiger partial charge in [-0.15, -0.1) is 0 Å². The monoisotopic (exact) mass is 625 g/mol. The van der Waals surface area contributed by atoms with Crippen LogP contribution in [0.15, 0.2) is 36.5 Å². The Morgan fingerprint density at radius 2 is 1.05 bits per heavy atom. The summed E-state index contributed by atoms with van der Waals surface area (Å²) in [4.78, 5) is 12.4. The fourth-order valence-electron chi connectivity index (χ4n) is 5.11. The minimum atomic E-state index is -4.34. The molecule has 0 aromatic heterocycles. The predicted octanol–water partition coefficient (Wildman–Crippen LogP) is 9.79. The van der Waals surface area contributed by atoms with Gasteiger partial charge >= 0.3 is 0 Å². The second-order valence-corrected chi connectivity index (χ2v) is 13.6. The van der Waals surface area contributed by atoms with Crippen molar-refractivity contribution in [3.8, 4) is 0 Å². The first-order valence-electron chi connectivity index (χ1n) is 17.7. The van der Waals surface area contributed by atoms with E-state index in [1.165, 1.54) is 109 Å². The first-order valence-corrected chi connectivity index (χ1v) is 19.3. The maximum absolute atomic E-state index is 12.4. The van der Waals surface area contributed by atoms with Crippen molar-refractivity contribution in [2.45, 2.75) is 180 Å². The third-order valence-electron chi connectivity index (χ3n) is 7.77. The molecule has 0 heterocycles. The number of nitrogens with one attached hydrogen (secondary N) is 1. The van der Waals surface area contributed by atoms with Gasteiger partial charge in [-0.25, -0.2) is 0 Å². The van der Waals surface area contributed by atoms with Crippen LogP contribution in [0, 0.1) is 0 Å². The van der Waals surface area contributed by atoms with Crippen LogP contribution in [0.4, 0.5) is 0 Å². The molecule has 0 radical (unpaired) electrons. The zero-order valence-electron chi connectivity index (χ0n) is 27.8. The topological polar surface area (TPSA) is 104 Å². The summed E-state index contributed by atoms with van der Waals surface area (Å²) in [6.45, 7) is 4.39. The summed E-state index contributed by atoms with van der Waals surface area (Å²) < 4.78 is 32.1. The van der Waals surface area contributed by atoms with E-state index in [1.807, 2.05) is 0 Å². The number of hydrogen-bond donors (Lipinski definition) is 3. The van der Waals surface area contributed by atoms with Gasteiger partial charge in [-0.2, -0.15) is 8.42 Å². The Balaban J connectivity index is 3.83. The second kappa shape index (κ2) is 30.6. The molecule has 0 bridgehead atoms. The van der Waals surface area contributed by atoms with Crippen molar-refractivity contribution in [3.05, 3.63) is 36.5 Å². The summed E-state index contributed by atoms with van der Waals surface area (Å²) in [5, 5.41) is 13.0. The molecule has 0 aromatic rings. The van der Waals surface area contributed by atoms with E-state index in [9.17, 15) is 22.9 Å². The van der Waals surface area contributed by atoms with Gasteiger partial charge in [-0.1, -0.05) is 147 Å². The number of carbonyl (C=O) groups is 1. The second-order valence-electron chi connectivity index (χ2n) is 12.1. The minimum absolute atomic E-state index is 0.285. The van der Waals surface area contributed by atoms with Gasteiger partial charge in [0, 0.05) is 6.42 Å². The van der Waals surface area contributed by atoms with Crippen molar-refractivity contribution < 1.29 is 22.9 Å². The number of carbonyl (C=O) groups excluding carboxylic acids is 1. The Hall–Kier alpha value is -1.44. The Labute approximate surface area is 266 Å². The molecule has 0 spiro atoms. The SMILES string of the molecule is CCC/C=C/CC/C=C/C(O)C(CS(=O)(=O)O)NC(=O)CCCCCCCCCCC/C=C\CCCCCCCCCC. The smallest absolute Gasteiger partial charge is 0.267 e. The quantitative estimate of drug-likeness (QED) is 0.0404. The van der Waals surface area contributed by atoms with Crippen LogP contribution in [0.3, 0.4) is 0 Å². The number of hydrogen-bond acceptors (Lipinski definition) is 4. The van der Waals surface area contributed by atoms with Gasteiger partial charge in [0.05, 0.1) is 17.9 Å². The molecule has 0 aromatic carbocycles. The van der Waals surface area contributed by atoms with Crippen LogP contribution in [-0.4, -0.2) is 41.9 Å². The van der Waals surface area contributed by atoms with Crippen LogP contribution in [-0.2, 0) is 14.9 Å². The van der Waals surface area contributed by atoms with Crippen LogP contribution < -0.4 is 5.32 Å². The van der Waals surface area contributed by atoms with Gasteiger partial charge in [0.1, 0.15) is 0 Å². The number of unbranched alkanes of at least 4 members (excludes halogenated alkanes) is 19. The molecule has 0 rings (SSSR count). The zero-order valence-corrected chi connectivity index (χ0v) is 28.6. The molecule has 2 atom stereocenters. The highest BCUT2D eigenvalue weighted by molar-refractivity contribution is 7.85. The molecule has 0 fully saturated rings. The van der Waals surface area contributed by atoms with Crippen molar-refractivity contribution in [2.75, 3.05) is 5.75 Å². The summed E-state index contributed by atoms with van der Waals surface area (Å²) in [7, 11) is -4.34. The molecule has 43 heavy (non-hydrogen) atoms. The summed E-state index contributed by atoms with van der Waals surface area (Å²) in [5.74, 6) is -1.01. The first-order chi connectivity index (χ1) is 20.8. The molecule has 0 aliphatic carbocycles. The fraction of sp³-hybridized carbons (Fsp3) is 0.806. The van der Waals surface area contributed by atoms with Gasteiger partial charge in [0.15, 0.2) is 0 Å². The van der Waals surface area contributed by atoms with E-state index in [2.05, 4.69) is 43.5 Å². The van der Waals surface area contributed by atoms with E-state index >= 15 is 0 Å². The van der Waals surface area contributed by atoms with Crippen molar-refractivity contribution >= 4 is 16.0 Å². The first kappa shape index (κ1) is 41.6. The van der Waals surface area contributed by atoms with E-state index in [0.29, 0.717) is 6.42 Å². The average Bonchev–Trinajstić information content (AvgIpc) is 2.96. The molecular formula is C36H67NO5S. The highest BCUT2D eigenvalue weighted by Gasteiger charge is 2.24. The third-order valence-corrected chi connectivity index (χ3v) is 8.55. The number of allylic oxidation sites excluding steroid dienone is 5. The number of aliphatic hydroxyl groups excluding tert-OH is 1. The average molecular weight is 626 g/mol. The largest absolute Gasteiger partial charge is 0.387 e.